The van der Waals surface area contributed by atoms with E-state index < -0.39 is 0 Å². The average molecular weight is 635 g/mol. The molecule has 5 heteroatoms. The molecule has 4 aliphatic rings. The van der Waals surface area contributed by atoms with Gasteiger partial charge < -0.3 is 4.42 Å². The number of rotatable bonds is 5. The van der Waals surface area contributed by atoms with Gasteiger partial charge in [0.05, 0.1) is 5.56 Å². The van der Waals surface area contributed by atoms with Gasteiger partial charge in [0.15, 0.2) is 23.1 Å². The number of aromatic nitrogens is 3. The van der Waals surface area contributed by atoms with Gasteiger partial charge in [-0.05, 0) is 96.6 Å². The third-order valence-corrected chi connectivity index (χ3v) is 11.6. The predicted octanol–water partition coefficient (Wildman–Crippen LogP) is 10.8. The summed E-state index contributed by atoms with van der Waals surface area (Å²) in [5, 5.41) is 11.7. The second-order valence-electron chi connectivity index (χ2n) is 14.6. The normalized spacial score (nSPS) is 22.5. The molecule has 4 fully saturated rings. The van der Waals surface area contributed by atoms with Gasteiger partial charge in [-0.2, -0.15) is 5.26 Å². The number of para-hydroxylation sites is 1. The predicted molar refractivity (Wildman–Crippen MR) is 193 cm³/mol. The van der Waals surface area contributed by atoms with Crippen molar-refractivity contribution in [2.45, 2.75) is 43.9 Å². The maximum Gasteiger partial charge on any atom is 0.164 e. The van der Waals surface area contributed by atoms with Crippen molar-refractivity contribution in [3.63, 3.8) is 0 Å². The molecule has 0 spiro atoms. The minimum Gasteiger partial charge on any atom is -0.455 e. The summed E-state index contributed by atoms with van der Waals surface area (Å²) in [6.07, 6.45) is 8.33. The van der Waals surface area contributed by atoms with E-state index in [-0.39, 0.29) is 0 Å². The van der Waals surface area contributed by atoms with Crippen LogP contribution in [0.5, 0.6) is 0 Å². The van der Waals surface area contributed by atoms with Crippen LogP contribution in [0.15, 0.2) is 120 Å². The SMILES string of the molecule is N#Cc1ccc(-c2nc(-c3ccc(-c4ccccc4)cc3)nc(-c3ccc(C45CC6CC(CC(C6)C4)C5)cc3)n2)c2c1oc1ccccc12. The molecule has 11 rings (SSSR count). The minimum absolute atomic E-state index is 0.333. The van der Waals surface area contributed by atoms with Crippen LogP contribution in [0.25, 0.3) is 67.2 Å². The molecule has 0 N–H and O–H groups in total. The zero-order valence-electron chi connectivity index (χ0n) is 27.1. The van der Waals surface area contributed by atoms with Crippen LogP contribution >= 0.6 is 0 Å². The van der Waals surface area contributed by atoms with Crippen molar-refractivity contribution in [2.75, 3.05) is 0 Å². The van der Waals surface area contributed by atoms with Crippen LogP contribution in [-0.4, -0.2) is 15.0 Å². The molecule has 49 heavy (non-hydrogen) atoms. The highest BCUT2D eigenvalue weighted by molar-refractivity contribution is 6.13. The fourth-order valence-corrected chi connectivity index (χ4v) is 9.74. The van der Waals surface area contributed by atoms with E-state index in [1.807, 2.05) is 36.4 Å². The average Bonchev–Trinajstić information content (AvgIpc) is 3.54. The van der Waals surface area contributed by atoms with E-state index in [0.717, 1.165) is 61.9 Å². The lowest BCUT2D eigenvalue weighted by atomic mass is 9.48. The van der Waals surface area contributed by atoms with Gasteiger partial charge in [0.25, 0.3) is 0 Å². The van der Waals surface area contributed by atoms with Crippen LogP contribution in [0.4, 0.5) is 0 Å². The number of nitriles is 1. The Morgan fingerprint density at radius 1 is 0.571 bits per heavy atom. The Bertz CT molecular complexity index is 2380. The number of benzene rings is 5. The van der Waals surface area contributed by atoms with Crippen molar-refractivity contribution in [1.82, 2.24) is 15.0 Å². The van der Waals surface area contributed by atoms with Gasteiger partial charge in [-0.25, -0.2) is 15.0 Å². The van der Waals surface area contributed by atoms with Gasteiger partial charge in [-0.15, -0.1) is 0 Å². The summed E-state index contributed by atoms with van der Waals surface area (Å²) < 4.78 is 6.24. The molecule has 2 aromatic heterocycles. The van der Waals surface area contributed by atoms with E-state index in [0.29, 0.717) is 34.0 Å². The highest BCUT2D eigenvalue weighted by Gasteiger charge is 2.51. The van der Waals surface area contributed by atoms with Gasteiger partial charge in [0.1, 0.15) is 11.7 Å². The molecule has 5 nitrogen and oxygen atoms in total. The summed E-state index contributed by atoms with van der Waals surface area (Å²) in [6, 6.07) is 41.9. The third-order valence-electron chi connectivity index (χ3n) is 11.6. The summed E-state index contributed by atoms with van der Waals surface area (Å²) in [5.41, 5.74) is 8.59. The molecular formula is C44H34N4O. The van der Waals surface area contributed by atoms with Crippen molar-refractivity contribution in [3.8, 4) is 51.4 Å². The zero-order valence-corrected chi connectivity index (χ0v) is 27.1. The van der Waals surface area contributed by atoms with Crippen molar-refractivity contribution in [1.29, 1.82) is 5.26 Å². The van der Waals surface area contributed by atoms with Crippen LogP contribution in [0.2, 0.25) is 0 Å². The van der Waals surface area contributed by atoms with Gasteiger partial charge in [0.2, 0.25) is 0 Å². The molecule has 4 aliphatic carbocycles. The van der Waals surface area contributed by atoms with Crippen LogP contribution in [0.3, 0.4) is 0 Å². The summed E-state index contributed by atoms with van der Waals surface area (Å²) >= 11 is 0. The number of nitrogens with zero attached hydrogens (tertiary/aromatic N) is 4. The Balaban J connectivity index is 1.11. The number of furan rings is 1. The number of hydrogen-bond acceptors (Lipinski definition) is 5. The summed E-state index contributed by atoms with van der Waals surface area (Å²) in [4.78, 5) is 15.3. The van der Waals surface area contributed by atoms with Gasteiger partial charge in [-0.1, -0.05) is 97.1 Å². The van der Waals surface area contributed by atoms with Crippen LogP contribution in [0.1, 0.15) is 49.7 Å². The maximum atomic E-state index is 9.95. The molecule has 0 unspecified atom stereocenters. The fourth-order valence-electron chi connectivity index (χ4n) is 9.74. The van der Waals surface area contributed by atoms with E-state index in [4.69, 9.17) is 19.4 Å². The quantitative estimate of drug-likeness (QED) is 0.188. The lowest BCUT2D eigenvalue weighted by Crippen LogP contribution is -2.48. The first-order chi connectivity index (χ1) is 24.1. The van der Waals surface area contributed by atoms with E-state index in [9.17, 15) is 5.26 Å². The van der Waals surface area contributed by atoms with Crippen LogP contribution in [0, 0.1) is 29.1 Å². The zero-order chi connectivity index (χ0) is 32.5. The van der Waals surface area contributed by atoms with E-state index in [1.54, 1.807) is 6.07 Å². The van der Waals surface area contributed by atoms with E-state index >= 15 is 0 Å². The first-order valence-electron chi connectivity index (χ1n) is 17.5. The second-order valence-corrected chi connectivity index (χ2v) is 14.6. The van der Waals surface area contributed by atoms with Crippen LogP contribution in [-0.2, 0) is 5.41 Å². The second kappa shape index (κ2) is 11.0. The molecule has 7 aromatic rings. The fraction of sp³-hybridized carbons (Fsp3) is 0.227. The highest BCUT2D eigenvalue weighted by Crippen LogP contribution is 2.60. The maximum absolute atomic E-state index is 9.95. The summed E-state index contributed by atoms with van der Waals surface area (Å²) in [5.74, 6) is 4.49. The minimum atomic E-state index is 0.333. The molecule has 0 saturated heterocycles. The Morgan fingerprint density at radius 2 is 1.12 bits per heavy atom. The summed E-state index contributed by atoms with van der Waals surface area (Å²) in [6.45, 7) is 0. The monoisotopic (exact) mass is 634 g/mol. The Hall–Kier alpha value is -5.60. The van der Waals surface area contributed by atoms with Crippen LogP contribution < -0.4 is 0 Å². The lowest BCUT2D eigenvalue weighted by molar-refractivity contribution is -0.00518. The Labute approximate surface area is 285 Å². The first kappa shape index (κ1) is 28.4. The van der Waals surface area contributed by atoms with Gasteiger partial charge >= 0.3 is 0 Å². The molecule has 0 amide bonds. The molecule has 2 heterocycles. The molecule has 0 radical (unpaired) electrons. The highest BCUT2D eigenvalue weighted by atomic mass is 16.3. The van der Waals surface area contributed by atoms with E-state index in [2.05, 4.69) is 78.9 Å². The topological polar surface area (TPSA) is 75.6 Å². The molecule has 0 atom stereocenters. The molecule has 4 saturated carbocycles. The first-order valence-corrected chi connectivity index (χ1v) is 17.5. The summed E-state index contributed by atoms with van der Waals surface area (Å²) in [7, 11) is 0. The molecule has 0 aliphatic heterocycles. The molecule has 236 valence electrons. The smallest absolute Gasteiger partial charge is 0.164 e. The number of fused-ring (bicyclic) bond motifs is 3. The molecular weight excluding hydrogens is 601 g/mol. The number of hydrogen-bond donors (Lipinski definition) is 0. The van der Waals surface area contributed by atoms with Crippen molar-refractivity contribution in [3.05, 3.63) is 126 Å². The lowest BCUT2D eigenvalue weighted by Gasteiger charge is -2.57. The van der Waals surface area contributed by atoms with Gasteiger partial charge in [0, 0.05) is 27.5 Å². The Kier molecular flexibility index (Phi) is 6.36. The van der Waals surface area contributed by atoms with Gasteiger partial charge in [-0.3, -0.25) is 0 Å². The third kappa shape index (κ3) is 4.70. The van der Waals surface area contributed by atoms with E-state index in [1.165, 1.54) is 44.1 Å². The Morgan fingerprint density at radius 3 is 1.78 bits per heavy atom. The van der Waals surface area contributed by atoms with Crippen molar-refractivity contribution < 1.29 is 4.42 Å². The largest absolute Gasteiger partial charge is 0.455 e. The van der Waals surface area contributed by atoms with Crippen molar-refractivity contribution in [2.24, 2.45) is 17.8 Å². The molecule has 4 bridgehead atoms. The van der Waals surface area contributed by atoms with Crippen molar-refractivity contribution >= 4 is 21.9 Å². The standard InChI is InChI=1S/C44H34N4O/c45-26-34-16-19-37(39-36-8-4-5-9-38(36)49-40(34)39)43-47-41(32-12-10-31(11-13-32)30-6-2-1-3-7-30)46-42(48-43)33-14-17-35(18-15-33)44-23-27-20-28(24-44)22-29(21-27)25-44/h1-19,27-29H,20-25H2. The molecule has 5 aromatic carbocycles.